The van der Waals surface area contributed by atoms with Crippen molar-refractivity contribution in [2.24, 2.45) is 5.92 Å². The summed E-state index contributed by atoms with van der Waals surface area (Å²) in [6.45, 7) is 4.22. The summed E-state index contributed by atoms with van der Waals surface area (Å²) in [6, 6.07) is 4.77. The van der Waals surface area contributed by atoms with Gasteiger partial charge in [0.25, 0.3) is 0 Å². The number of carbonyl (C=O) groups is 1. The van der Waals surface area contributed by atoms with Crippen molar-refractivity contribution in [2.75, 3.05) is 24.7 Å². The summed E-state index contributed by atoms with van der Waals surface area (Å²) in [4.78, 5) is 14.2. The predicted molar refractivity (Wildman–Crippen MR) is 124 cm³/mol. The molecule has 36 heavy (non-hydrogen) atoms. The van der Waals surface area contributed by atoms with Gasteiger partial charge in [0.1, 0.15) is 6.10 Å². The van der Waals surface area contributed by atoms with E-state index in [0.29, 0.717) is 55.8 Å². The second-order valence-electron chi connectivity index (χ2n) is 9.19. The molecule has 2 heterocycles. The van der Waals surface area contributed by atoms with Gasteiger partial charge < -0.3 is 9.47 Å². The largest absolute Gasteiger partial charge is 0.441 e. The van der Waals surface area contributed by atoms with Gasteiger partial charge in [0.15, 0.2) is 33.1 Å². The first-order valence-corrected chi connectivity index (χ1v) is 13.6. The molecule has 0 saturated carbocycles. The number of halogens is 4. The Labute approximate surface area is 207 Å². The molecule has 0 radical (unpaired) electrons. The lowest BCUT2D eigenvalue weighted by Gasteiger charge is -2.38. The molecule has 0 aromatic heterocycles. The van der Waals surface area contributed by atoms with E-state index in [9.17, 15) is 30.8 Å². The van der Waals surface area contributed by atoms with E-state index in [1.165, 1.54) is 11.0 Å². The Morgan fingerprint density at radius 2 is 1.64 bits per heavy atom. The number of hydrogen-bond acceptors (Lipinski definition) is 5. The quantitative estimate of drug-likeness (QED) is 0.350. The van der Waals surface area contributed by atoms with E-state index in [1.54, 1.807) is 12.1 Å². The van der Waals surface area contributed by atoms with Gasteiger partial charge in [-0.1, -0.05) is 13.0 Å². The van der Waals surface area contributed by atoms with Gasteiger partial charge in [-0.15, -0.1) is 0 Å². The molecule has 0 aliphatic carbocycles. The van der Waals surface area contributed by atoms with Crippen LogP contribution in [0.4, 0.5) is 28.0 Å². The second kappa shape index (κ2) is 10.4. The fourth-order valence-electron chi connectivity index (χ4n) is 4.74. The Balaban J connectivity index is 1.67. The molecule has 2 aliphatic rings. The molecule has 1 saturated heterocycles. The number of carbonyl (C=O) groups excluding carboxylic acids is 1. The molecule has 2 aliphatic heterocycles. The van der Waals surface area contributed by atoms with Crippen molar-refractivity contribution in [2.45, 2.75) is 50.7 Å². The minimum absolute atomic E-state index is 0.0150. The van der Waals surface area contributed by atoms with Crippen LogP contribution in [0.15, 0.2) is 18.2 Å². The Morgan fingerprint density at radius 1 is 1.00 bits per heavy atom. The molecular formula is C25H27F4NO5S. The lowest BCUT2D eigenvalue weighted by Crippen LogP contribution is -2.40. The Kier molecular flexibility index (Phi) is 7.61. The fourth-order valence-corrected chi connectivity index (χ4v) is 6.23. The summed E-state index contributed by atoms with van der Waals surface area (Å²) < 4.78 is 93.4. The van der Waals surface area contributed by atoms with Crippen LogP contribution in [0, 0.1) is 36.1 Å². The van der Waals surface area contributed by atoms with E-state index in [1.807, 2.05) is 6.92 Å². The highest BCUT2D eigenvalue weighted by atomic mass is 32.2. The normalized spacial score (nSPS) is 18.8. The second-order valence-corrected chi connectivity index (χ2v) is 11.3. The number of amides is 1. The van der Waals surface area contributed by atoms with Crippen LogP contribution in [0.25, 0.3) is 0 Å². The molecule has 1 unspecified atom stereocenters. The number of sulfone groups is 1. The Morgan fingerprint density at radius 3 is 2.25 bits per heavy atom. The average Bonchev–Trinajstić information content (AvgIpc) is 2.86. The number of benzene rings is 2. The van der Waals surface area contributed by atoms with E-state index >= 15 is 0 Å². The van der Waals surface area contributed by atoms with Gasteiger partial charge >= 0.3 is 6.09 Å². The number of nitrogens with zero attached hydrogens (tertiary/aromatic N) is 1. The van der Waals surface area contributed by atoms with Crippen molar-refractivity contribution in [1.29, 1.82) is 0 Å². The van der Waals surface area contributed by atoms with Crippen molar-refractivity contribution in [3.8, 4) is 0 Å². The molecule has 1 atom stereocenters. The van der Waals surface area contributed by atoms with Crippen LogP contribution in [0.1, 0.15) is 54.5 Å². The summed E-state index contributed by atoms with van der Waals surface area (Å²) >= 11 is 0. The standard InChI is InChI=1S/C25H27F4NO5S/c1-3-8-30-19-5-4-15(11-17(19)24(35-25(30)31)16-6-9-34-10-7-16)12-36(32,33)13-18-22(28)20(26)14(2)21(27)23(18)29/h4-5,11,16,24H,3,6-10,12-13H2,1-2H3. The zero-order valence-electron chi connectivity index (χ0n) is 20.0. The van der Waals surface area contributed by atoms with Crippen LogP contribution in [0.5, 0.6) is 0 Å². The van der Waals surface area contributed by atoms with Gasteiger partial charge in [0.05, 0.1) is 17.2 Å². The first-order chi connectivity index (χ1) is 17.0. The smallest absolute Gasteiger partial charge is 0.414 e. The maximum absolute atomic E-state index is 14.3. The molecule has 4 rings (SSSR count). The fraction of sp³-hybridized carbons (Fsp3) is 0.480. The van der Waals surface area contributed by atoms with Crippen molar-refractivity contribution in [3.05, 3.63) is 63.7 Å². The molecule has 6 nitrogen and oxygen atoms in total. The topological polar surface area (TPSA) is 72.9 Å². The van der Waals surface area contributed by atoms with Gasteiger partial charge in [0, 0.05) is 42.4 Å². The summed E-state index contributed by atoms with van der Waals surface area (Å²) in [7, 11) is -4.24. The minimum atomic E-state index is -4.24. The van der Waals surface area contributed by atoms with Gasteiger partial charge in [-0.2, -0.15) is 0 Å². The number of cyclic esters (lactones) is 1. The predicted octanol–water partition coefficient (Wildman–Crippen LogP) is 5.50. The Bertz CT molecular complexity index is 1250. The van der Waals surface area contributed by atoms with Crippen LogP contribution in [-0.2, 0) is 30.8 Å². The van der Waals surface area contributed by atoms with Gasteiger partial charge in [-0.3, -0.25) is 4.90 Å². The van der Waals surface area contributed by atoms with Crippen molar-refractivity contribution in [3.63, 3.8) is 0 Å². The molecule has 1 amide bonds. The van der Waals surface area contributed by atoms with Crippen molar-refractivity contribution in [1.82, 2.24) is 0 Å². The zero-order valence-corrected chi connectivity index (χ0v) is 20.8. The van der Waals surface area contributed by atoms with Gasteiger partial charge in [-0.05, 0) is 43.9 Å². The third kappa shape index (κ3) is 5.08. The number of ether oxygens (including phenoxy) is 2. The summed E-state index contributed by atoms with van der Waals surface area (Å²) in [5, 5.41) is 0. The molecule has 196 valence electrons. The number of anilines is 1. The van der Waals surface area contributed by atoms with E-state index in [-0.39, 0.29) is 5.92 Å². The number of fused-ring (bicyclic) bond motifs is 1. The van der Waals surface area contributed by atoms with Crippen LogP contribution in [-0.4, -0.2) is 34.3 Å². The monoisotopic (exact) mass is 529 g/mol. The van der Waals surface area contributed by atoms with E-state index in [4.69, 9.17) is 9.47 Å². The molecular weight excluding hydrogens is 502 g/mol. The lowest BCUT2D eigenvalue weighted by molar-refractivity contribution is -0.00438. The molecule has 11 heteroatoms. The molecule has 1 fully saturated rings. The lowest BCUT2D eigenvalue weighted by atomic mass is 9.87. The third-order valence-electron chi connectivity index (χ3n) is 6.60. The molecule has 2 aromatic carbocycles. The van der Waals surface area contributed by atoms with Gasteiger partial charge in [0.2, 0.25) is 0 Å². The van der Waals surface area contributed by atoms with E-state index < -0.39 is 67.9 Å². The number of hydrogen-bond donors (Lipinski definition) is 0. The first-order valence-electron chi connectivity index (χ1n) is 11.7. The molecule has 0 N–H and O–H groups in total. The van der Waals surface area contributed by atoms with Crippen LogP contribution in [0.3, 0.4) is 0 Å². The SMILES string of the molecule is CCCN1C(=O)OC(C2CCOCC2)c2cc(CS(=O)(=O)Cc3c(F)c(F)c(C)c(F)c3F)ccc21. The first kappa shape index (κ1) is 26.4. The van der Waals surface area contributed by atoms with Crippen LogP contribution in [0.2, 0.25) is 0 Å². The van der Waals surface area contributed by atoms with Crippen molar-refractivity contribution < 1.29 is 40.2 Å². The maximum Gasteiger partial charge on any atom is 0.414 e. The van der Waals surface area contributed by atoms with E-state index in [0.717, 1.165) is 6.92 Å². The average molecular weight is 530 g/mol. The highest BCUT2D eigenvalue weighted by Gasteiger charge is 2.38. The molecule has 0 bridgehead atoms. The summed E-state index contributed by atoms with van der Waals surface area (Å²) in [6.07, 6.45) is 0.930. The summed E-state index contributed by atoms with van der Waals surface area (Å²) in [5.74, 6) is -8.53. The minimum Gasteiger partial charge on any atom is -0.441 e. The Hall–Kier alpha value is -2.66. The molecule has 2 aromatic rings. The zero-order chi connectivity index (χ0) is 26.2. The highest BCUT2D eigenvalue weighted by molar-refractivity contribution is 7.89. The third-order valence-corrected chi connectivity index (χ3v) is 8.11. The summed E-state index contributed by atoms with van der Waals surface area (Å²) in [5.41, 5.74) is -0.463. The van der Waals surface area contributed by atoms with Crippen LogP contribution < -0.4 is 4.90 Å². The van der Waals surface area contributed by atoms with Crippen LogP contribution >= 0.6 is 0 Å². The highest BCUT2D eigenvalue weighted by Crippen LogP contribution is 2.43. The van der Waals surface area contributed by atoms with E-state index in [2.05, 4.69) is 0 Å². The maximum atomic E-state index is 14.3. The number of rotatable bonds is 7. The molecule has 0 spiro atoms. The van der Waals surface area contributed by atoms with Gasteiger partial charge in [-0.25, -0.2) is 30.8 Å². The van der Waals surface area contributed by atoms with Crippen molar-refractivity contribution >= 4 is 21.6 Å².